The largest absolute Gasteiger partial charge is 0.368 e. The van der Waals surface area contributed by atoms with Gasteiger partial charge in [-0.25, -0.2) is 19.3 Å². The molecule has 0 spiro atoms. The van der Waals surface area contributed by atoms with E-state index >= 15 is 0 Å². The van der Waals surface area contributed by atoms with Gasteiger partial charge in [0.2, 0.25) is 5.95 Å². The van der Waals surface area contributed by atoms with Gasteiger partial charge in [-0.15, -0.1) is 0 Å². The molecular weight excluding hydrogens is 385 g/mol. The van der Waals surface area contributed by atoms with E-state index in [4.69, 9.17) is 5.73 Å². The van der Waals surface area contributed by atoms with Crippen LogP contribution in [0.25, 0.3) is 16.9 Å². The maximum Gasteiger partial charge on any atom is 0.222 e. The van der Waals surface area contributed by atoms with Crippen LogP contribution in [-0.2, 0) is 6.54 Å². The number of rotatable bonds is 4. The van der Waals surface area contributed by atoms with Crippen LogP contribution in [0.15, 0.2) is 36.5 Å². The Hall–Kier alpha value is -4.57. The summed E-state index contributed by atoms with van der Waals surface area (Å²) in [5.41, 5.74) is 7.03. The van der Waals surface area contributed by atoms with Crippen LogP contribution >= 0.6 is 0 Å². The second kappa shape index (κ2) is 7.45. The molecule has 0 saturated carbocycles. The number of nitrogens with one attached hydrogen (secondary N) is 1. The van der Waals surface area contributed by atoms with Crippen molar-refractivity contribution in [2.24, 2.45) is 0 Å². The number of anilines is 2. The molecule has 0 fully saturated rings. The van der Waals surface area contributed by atoms with Gasteiger partial charge in [0.15, 0.2) is 0 Å². The quantitative estimate of drug-likeness (QED) is 0.533. The standard InChI is InChI=1S/C20H14FN9/c1-11-12(8-22)19(29-20(24)27-11)26-10-17-28-15-6-5-14(21)13(9-23)18(15)30(17)16-4-2-3-7-25-16/h2-7H,10H2,1H3,(H3,24,26,27,29). The first-order valence-electron chi connectivity index (χ1n) is 8.83. The van der Waals surface area contributed by atoms with Crippen molar-refractivity contribution in [2.45, 2.75) is 13.5 Å². The molecule has 0 atom stereocenters. The lowest BCUT2D eigenvalue weighted by Crippen LogP contribution is -2.12. The number of benzene rings is 1. The molecule has 4 aromatic rings. The van der Waals surface area contributed by atoms with Gasteiger partial charge in [-0.3, -0.25) is 4.57 Å². The van der Waals surface area contributed by atoms with E-state index in [-0.39, 0.29) is 29.4 Å². The summed E-state index contributed by atoms with van der Waals surface area (Å²) in [5, 5.41) is 22.0. The molecule has 0 unspecified atom stereocenters. The van der Waals surface area contributed by atoms with E-state index in [1.54, 1.807) is 35.9 Å². The number of nitrogens with two attached hydrogens (primary N) is 1. The Morgan fingerprint density at radius 2 is 1.90 bits per heavy atom. The number of nitrogen functional groups attached to an aromatic ring is 1. The van der Waals surface area contributed by atoms with E-state index in [1.165, 1.54) is 12.1 Å². The predicted molar refractivity (Wildman–Crippen MR) is 107 cm³/mol. The van der Waals surface area contributed by atoms with Crippen LogP contribution in [0.2, 0.25) is 0 Å². The highest BCUT2D eigenvalue weighted by Crippen LogP contribution is 2.26. The molecular formula is C20H14FN9. The number of nitrogens with zero attached hydrogens (tertiary/aromatic N) is 7. The summed E-state index contributed by atoms with van der Waals surface area (Å²) in [6.07, 6.45) is 1.59. The SMILES string of the molecule is Cc1nc(N)nc(NCc2nc3ccc(F)c(C#N)c3n2-c2ccccn2)c1C#N. The molecule has 0 aliphatic heterocycles. The zero-order valence-corrected chi connectivity index (χ0v) is 15.8. The van der Waals surface area contributed by atoms with E-state index in [0.29, 0.717) is 28.4 Å². The van der Waals surface area contributed by atoms with Crippen molar-refractivity contribution in [2.75, 3.05) is 11.1 Å². The van der Waals surface area contributed by atoms with E-state index < -0.39 is 5.82 Å². The molecule has 0 radical (unpaired) electrons. The number of fused-ring (bicyclic) bond motifs is 1. The molecule has 3 heterocycles. The highest BCUT2D eigenvalue weighted by atomic mass is 19.1. The monoisotopic (exact) mass is 399 g/mol. The van der Waals surface area contributed by atoms with Gasteiger partial charge in [0, 0.05) is 6.20 Å². The lowest BCUT2D eigenvalue weighted by atomic mass is 10.2. The fraction of sp³-hybridized carbons (Fsp3) is 0.100. The molecule has 4 rings (SSSR count). The van der Waals surface area contributed by atoms with Crippen LogP contribution in [0, 0.1) is 35.4 Å². The fourth-order valence-electron chi connectivity index (χ4n) is 3.17. The molecule has 0 amide bonds. The van der Waals surface area contributed by atoms with Crippen LogP contribution in [-0.4, -0.2) is 24.5 Å². The Balaban J connectivity index is 1.87. The average Bonchev–Trinajstić information content (AvgIpc) is 3.11. The fourth-order valence-corrected chi connectivity index (χ4v) is 3.17. The number of hydrogen-bond acceptors (Lipinski definition) is 8. The van der Waals surface area contributed by atoms with Crippen LogP contribution < -0.4 is 11.1 Å². The van der Waals surface area contributed by atoms with Crippen LogP contribution in [0.3, 0.4) is 0 Å². The van der Waals surface area contributed by atoms with E-state index in [1.807, 2.05) is 6.07 Å². The van der Waals surface area contributed by atoms with E-state index in [0.717, 1.165) is 0 Å². The summed E-state index contributed by atoms with van der Waals surface area (Å²) in [4.78, 5) is 16.9. The number of pyridine rings is 1. The molecule has 30 heavy (non-hydrogen) atoms. The topological polar surface area (TPSA) is 142 Å². The molecule has 146 valence electrons. The van der Waals surface area contributed by atoms with Crippen molar-refractivity contribution >= 4 is 22.8 Å². The number of hydrogen-bond donors (Lipinski definition) is 2. The third-order valence-corrected chi connectivity index (χ3v) is 4.46. The molecule has 0 bridgehead atoms. The Bertz CT molecular complexity index is 1350. The zero-order chi connectivity index (χ0) is 21.3. The minimum Gasteiger partial charge on any atom is -0.368 e. The first-order chi connectivity index (χ1) is 14.5. The molecule has 0 aliphatic carbocycles. The molecule has 3 N–H and O–H groups in total. The van der Waals surface area contributed by atoms with Gasteiger partial charge >= 0.3 is 0 Å². The van der Waals surface area contributed by atoms with Crippen molar-refractivity contribution in [3.05, 3.63) is 65.0 Å². The molecule has 0 aliphatic rings. The Labute approximate surface area is 170 Å². The summed E-state index contributed by atoms with van der Waals surface area (Å²) in [6.45, 7) is 1.77. The highest BCUT2D eigenvalue weighted by molar-refractivity contribution is 5.84. The van der Waals surface area contributed by atoms with Gasteiger partial charge < -0.3 is 11.1 Å². The van der Waals surface area contributed by atoms with Gasteiger partial charge in [0.1, 0.15) is 46.5 Å². The first-order valence-corrected chi connectivity index (χ1v) is 8.83. The van der Waals surface area contributed by atoms with Gasteiger partial charge in [-0.05, 0) is 31.2 Å². The Morgan fingerprint density at radius 1 is 1.10 bits per heavy atom. The summed E-state index contributed by atoms with van der Waals surface area (Å²) in [5.74, 6) is 0.560. The summed E-state index contributed by atoms with van der Waals surface area (Å²) >= 11 is 0. The Kier molecular flexibility index (Phi) is 4.66. The lowest BCUT2D eigenvalue weighted by molar-refractivity contribution is 0.625. The minimum atomic E-state index is -0.646. The van der Waals surface area contributed by atoms with Crippen molar-refractivity contribution < 1.29 is 4.39 Å². The van der Waals surface area contributed by atoms with E-state index in [2.05, 4.69) is 31.3 Å². The lowest BCUT2D eigenvalue weighted by Gasteiger charge is -2.12. The van der Waals surface area contributed by atoms with Crippen LogP contribution in [0.4, 0.5) is 16.2 Å². The molecule has 3 aromatic heterocycles. The number of halogens is 1. The van der Waals surface area contributed by atoms with Crippen molar-refractivity contribution in [1.82, 2.24) is 24.5 Å². The van der Waals surface area contributed by atoms with Gasteiger partial charge in [0.05, 0.1) is 23.3 Å². The molecule has 1 aromatic carbocycles. The van der Waals surface area contributed by atoms with Crippen molar-refractivity contribution in [3.8, 4) is 18.0 Å². The highest BCUT2D eigenvalue weighted by Gasteiger charge is 2.20. The Morgan fingerprint density at radius 3 is 2.60 bits per heavy atom. The van der Waals surface area contributed by atoms with E-state index in [9.17, 15) is 14.9 Å². The predicted octanol–water partition coefficient (Wildman–Crippen LogP) is 2.60. The summed E-state index contributed by atoms with van der Waals surface area (Å²) < 4.78 is 15.9. The van der Waals surface area contributed by atoms with Gasteiger partial charge in [-0.1, -0.05) is 6.07 Å². The number of imidazole rings is 1. The number of aromatic nitrogens is 5. The van der Waals surface area contributed by atoms with Gasteiger partial charge in [0.25, 0.3) is 0 Å². The number of nitriles is 2. The zero-order valence-electron chi connectivity index (χ0n) is 15.8. The van der Waals surface area contributed by atoms with Crippen LogP contribution in [0.1, 0.15) is 22.6 Å². The second-order valence-corrected chi connectivity index (χ2v) is 6.31. The first kappa shape index (κ1) is 18.8. The maximum absolute atomic E-state index is 14.3. The normalized spacial score (nSPS) is 10.5. The van der Waals surface area contributed by atoms with Gasteiger partial charge in [-0.2, -0.15) is 15.5 Å². The minimum absolute atomic E-state index is 0.0288. The molecule has 0 saturated heterocycles. The van der Waals surface area contributed by atoms with Crippen LogP contribution in [0.5, 0.6) is 0 Å². The van der Waals surface area contributed by atoms with Crippen molar-refractivity contribution in [3.63, 3.8) is 0 Å². The average molecular weight is 399 g/mol. The second-order valence-electron chi connectivity index (χ2n) is 6.31. The van der Waals surface area contributed by atoms with Crippen molar-refractivity contribution in [1.29, 1.82) is 10.5 Å². The number of aryl methyl sites for hydroxylation is 1. The molecule has 10 heteroatoms. The molecule has 9 nitrogen and oxygen atoms in total. The summed E-state index contributed by atoms with van der Waals surface area (Å²) in [6, 6.07) is 11.9. The summed E-state index contributed by atoms with van der Waals surface area (Å²) in [7, 11) is 0. The smallest absolute Gasteiger partial charge is 0.222 e. The maximum atomic E-state index is 14.3. The third kappa shape index (κ3) is 3.12. The third-order valence-electron chi connectivity index (χ3n) is 4.46.